The third-order valence-electron chi connectivity index (χ3n) is 6.11. The first-order chi connectivity index (χ1) is 13.9. The van der Waals surface area contributed by atoms with Gasteiger partial charge in [-0.1, -0.05) is 36.4 Å². The molecule has 6 nitrogen and oxygen atoms in total. The van der Waals surface area contributed by atoms with Crippen molar-refractivity contribution >= 4 is 28.3 Å². The molecule has 2 fully saturated rings. The Labute approximate surface area is 171 Å². The number of rotatable bonds is 4. The Balaban J connectivity index is 1.46. The lowest BCUT2D eigenvalue weighted by Crippen LogP contribution is -2.56. The average Bonchev–Trinajstić information content (AvgIpc) is 3.09. The van der Waals surface area contributed by atoms with Gasteiger partial charge in [-0.3, -0.25) is 14.5 Å². The number of amides is 2. The predicted molar refractivity (Wildman–Crippen MR) is 114 cm³/mol. The molecule has 2 aromatic rings. The number of carbonyl (C=O) groups excluding carboxylic acids is 2. The number of aliphatic hydroxyl groups excluding tert-OH is 1. The molecule has 6 heteroatoms. The number of piperazine rings is 1. The maximum absolute atomic E-state index is 13.1. The first-order valence-corrected chi connectivity index (χ1v) is 10.4. The van der Waals surface area contributed by atoms with Crippen molar-refractivity contribution in [2.75, 3.05) is 37.6 Å². The van der Waals surface area contributed by atoms with Crippen LogP contribution in [0.15, 0.2) is 42.5 Å². The second kappa shape index (κ2) is 8.13. The van der Waals surface area contributed by atoms with Gasteiger partial charge in [-0.15, -0.1) is 0 Å². The minimum absolute atomic E-state index is 0.0143. The summed E-state index contributed by atoms with van der Waals surface area (Å²) >= 11 is 0. The van der Waals surface area contributed by atoms with E-state index in [0.717, 1.165) is 23.0 Å². The minimum atomic E-state index is -0.374. The van der Waals surface area contributed by atoms with Gasteiger partial charge in [0.05, 0.1) is 17.7 Å². The zero-order chi connectivity index (χ0) is 20.5. The number of hydrogen-bond acceptors (Lipinski definition) is 4. The smallest absolute Gasteiger partial charge is 0.228 e. The SMILES string of the molecule is CC(O)CN1CCN(C(=O)C2CC(=O)N(c3cccc4ccccc34)C2)CC1C. The van der Waals surface area contributed by atoms with Crippen molar-refractivity contribution in [3.63, 3.8) is 0 Å². The van der Waals surface area contributed by atoms with Gasteiger partial charge in [0.2, 0.25) is 11.8 Å². The highest BCUT2D eigenvalue weighted by molar-refractivity contribution is 6.07. The maximum atomic E-state index is 13.1. The zero-order valence-electron chi connectivity index (χ0n) is 17.1. The fourth-order valence-corrected chi connectivity index (χ4v) is 4.61. The topological polar surface area (TPSA) is 64.1 Å². The summed E-state index contributed by atoms with van der Waals surface area (Å²) in [6, 6.07) is 14.2. The van der Waals surface area contributed by atoms with E-state index in [1.807, 2.05) is 47.4 Å². The molecule has 2 aliphatic heterocycles. The standard InChI is InChI=1S/C23H29N3O3/c1-16-13-25(11-10-24(16)14-17(2)27)23(29)19-12-22(28)26(15-19)21-9-5-7-18-6-3-4-8-20(18)21/h3-9,16-17,19,27H,10-15H2,1-2H3. The number of hydrogen-bond donors (Lipinski definition) is 1. The van der Waals surface area contributed by atoms with Crippen LogP contribution in [0, 0.1) is 5.92 Å². The van der Waals surface area contributed by atoms with Crippen LogP contribution in [0.1, 0.15) is 20.3 Å². The molecule has 154 valence electrons. The Hall–Kier alpha value is -2.44. The third kappa shape index (κ3) is 4.00. The van der Waals surface area contributed by atoms with Crippen LogP contribution in [-0.4, -0.2) is 71.6 Å². The van der Waals surface area contributed by atoms with Crippen molar-refractivity contribution in [2.24, 2.45) is 5.92 Å². The number of anilines is 1. The quantitative estimate of drug-likeness (QED) is 0.861. The third-order valence-corrected chi connectivity index (χ3v) is 6.11. The molecule has 3 unspecified atom stereocenters. The monoisotopic (exact) mass is 395 g/mol. The molecule has 2 aliphatic rings. The van der Waals surface area contributed by atoms with Crippen molar-refractivity contribution in [3.8, 4) is 0 Å². The number of nitrogens with zero attached hydrogens (tertiary/aromatic N) is 3. The summed E-state index contributed by atoms with van der Waals surface area (Å²) in [5, 5.41) is 11.8. The Bertz CT molecular complexity index is 908. The highest BCUT2D eigenvalue weighted by Gasteiger charge is 2.39. The van der Waals surface area contributed by atoms with E-state index >= 15 is 0 Å². The van der Waals surface area contributed by atoms with Crippen LogP contribution in [-0.2, 0) is 9.59 Å². The molecule has 1 N–H and O–H groups in total. The van der Waals surface area contributed by atoms with Crippen molar-refractivity contribution in [3.05, 3.63) is 42.5 Å². The number of benzene rings is 2. The Kier molecular flexibility index (Phi) is 5.56. The van der Waals surface area contributed by atoms with Crippen LogP contribution < -0.4 is 4.90 Å². The molecule has 2 heterocycles. The average molecular weight is 396 g/mol. The van der Waals surface area contributed by atoms with Gasteiger partial charge < -0.3 is 14.9 Å². The van der Waals surface area contributed by atoms with Crippen LogP contribution in [0.2, 0.25) is 0 Å². The Morgan fingerprint density at radius 3 is 2.66 bits per heavy atom. The number of fused-ring (bicyclic) bond motifs is 1. The zero-order valence-corrected chi connectivity index (χ0v) is 17.1. The fraction of sp³-hybridized carbons (Fsp3) is 0.478. The molecular formula is C23H29N3O3. The summed E-state index contributed by atoms with van der Waals surface area (Å²) < 4.78 is 0. The lowest BCUT2D eigenvalue weighted by atomic mass is 10.0. The minimum Gasteiger partial charge on any atom is -0.392 e. The second-order valence-corrected chi connectivity index (χ2v) is 8.38. The molecule has 0 bridgehead atoms. The second-order valence-electron chi connectivity index (χ2n) is 8.38. The molecule has 0 saturated carbocycles. The largest absolute Gasteiger partial charge is 0.392 e. The number of aliphatic hydroxyl groups is 1. The lowest BCUT2D eigenvalue weighted by molar-refractivity contribution is -0.138. The van der Waals surface area contributed by atoms with Crippen molar-refractivity contribution in [1.29, 1.82) is 0 Å². The van der Waals surface area contributed by atoms with Gasteiger partial charge in [-0.25, -0.2) is 0 Å². The molecule has 0 aliphatic carbocycles. The molecule has 2 amide bonds. The summed E-state index contributed by atoms with van der Waals surface area (Å²) in [6.07, 6.45) is -0.106. The highest BCUT2D eigenvalue weighted by Crippen LogP contribution is 2.32. The van der Waals surface area contributed by atoms with Crippen LogP contribution in [0.5, 0.6) is 0 Å². The van der Waals surface area contributed by atoms with E-state index < -0.39 is 0 Å². The van der Waals surface area contributed by atoms with Crippen molar-refractivity contribution < 1.29 is 14.7 Å². The van der Waals surface area contributed by atoms with Gasteiger partial charge in [0.25, 0.3) is 0 Å². The van der Waals surface area contributed by atoms with Crippen LogP contribution in [0.4, 0.5) is 5.69 Å². The molecule has 2 aromatic carbocycles. The molecule has 3 atom stereocenters. The first-order valence-electron chi connectivity index (χ1n) is 10.4. The molecule has 4 rings (SSSR count). The van der Waals surface area contributed by atoms with E-state index in [0.29, 0.717) is 26.2 Å². The molecule has 29 heavy (non-hydrogen) atoms. The van der Waals surface area contributed by atoms with Gasteiger partial charge in [-0.2, -0.15) is 0 Å². The summed E-state index contributed by atoms with van der Waals surface area (Å²) in [7, 11) is 0. The Morgan fingerprint density at radius 1 is 1.14 bits per heavy atom. The van der Waals surface area contributed by atoms with Crippen LogP contribution in [0.3, 0.4) is 0 Å². The highest BCUT2D eigenvalue weighted by atomic mass is 16.3. The maximum Gasteiger partial charge on any atom is 0.228 e. The molecule has 0 spiro atoms. The normalized spacial score (nSPS) is 24.3. The number of β-amino-alcohol motifs (C(OH)–C–C–N with tert-alkyl or cyclic N) is 1. The van der Waals surface area contributed by atoms with E-state index in [4.69, 9.17) is 0 Å². The Morgan fingerprint density at radius 2 is 1.90 bits per heavy atom. The van der Waals surface area contributed by atoms with Gasteiger partial charge in [0, 0.05) is 50.6 Å². The lowest BCUT2D eigenvalue weighted by Gasteiger charge is -2.41. The van der Waals surface area contributed by atoms with Gasteiger partial charge >= 0.3 is 0 Å². The van der Waals surface area contributed by atoms with Gasteiger partial charge in [0.15, 0.2) is 0 Å². The summed E-state index contributed by atoms with van der Waals surface area (Å²) in [5.74, 6) is -0.206. The van der Waals surface area contributed by atoms with Gasteiger partial charge in [-0.05, 0) is 25.3 Å². The number of carbonyl (C=O) groups is 2. The van der Waals surface area contributed by atoms with E-state index in [1.165, 1.54) is 0 Å². The van der Waals surface area contributed by atoms with E-state index in [9.17, 15) is 14.7 Å². The van der Waals surface area contributed by atoms with E-state index in [2.05, 4.69) is 11.8 Å². The van der Waals surface area contributed by atoms with Crippen LogP contribution >= 0.6 is 0 Å². The van der Waals surface area contributed by atoms with E-state index in [1.54, 1.807) is 11.8 Å². The molecule has 0 radical (unpaired) electrons. The van der Waals surface area contributed by atoms with Crippen molar-refractivity contribution in [1.82, 2.24) is 9.80 Å². The van der Waals surface area contributed by atoms with E-state index in [-0.39, 0.29) is 36.3 Å². The summed E-state index contributed by atoms with van der Waals surface area (Å²) in [4.78, 5) is 31.8. The first kappa shape index (κ1) is 19.9. The van der Waals surface area contributed by atoms with Crippen molar-refractivity contribution in [2.45, 2.75) is 32.4 Å². The summed E-state index contributed by atoms with van der Waals surface area (Å²) in [6.45, 7) is 6.99. The molecule has 0 aromatic heterocycles. The fourth-order valence-electron chi connectivity index (χ4n) is 4.61. The molecule has 2 saturated heterocycles. The molecular weight excluding hydrogens is 366 g/mol. The van der Waals surface area contributed by atoms with Crippen LogP contribution in [0.25, 0.3) is 10.8 Å². The van der Waals surface area contributed by atoms with Gasteiger partial charge in [0.1, 0.15) is 0 Å². The predicted octanol–water partition coefficient (Wildman–Crippen LogP) is 2.11. The summed E-state index contributed by atoms with van der Waals surface area (Å²) in [5.41, 5.74) is 0.888.